The normalized spacial score (nSPS) is 13.2. The Morgan fingerprint density at radius 1 is 1.31 bits per heavy atom. The van der Waals surface area contributed by atoms with Crippen LogP contribution in [0, 0.1) is 0 Å². The molecule has 0 aliphatic carbocycles. The molecule has 3 rings (SSSR count). The van der Waals surface area contributed by atoms with Crippen LogP contribution in [0.4, 0.5) is 0 Å². The van der Waals surface area contributed by atoms with Crippen LogP contribution in [0.2, 0.25) is 5.02 Å². The zero-order valence-electron chi connectivity index (χ0n) is 14.6. The van der Waals surface area contributed by atoms with Crippen molar-refractivity contribution in [1.29, 1.82) is 0 Å². The van der Waals surface area contributed by atoms with Gasteiger partial charge in [0.15, 0.2) is 11.5 Å². The Labute approximate surface area is 157 Å². The first-order chi connectivity index (χ1) is 12.7. The zero-order chi connectivity index (χ0) is 18.4. The Morgan fingerprint density at radius 3 is 2.92 bits per heavy atom. The van der Waals surface area contributed by atoms with Gasteiger partial charge in [-0.25, -0.2) is 0 Å². The molecule has 7 heteroatoms. The molecule has 0 N–H and O–H groups in total. The highest BCUT2D eigenvalue weighted by atomic mass is 35.5. The number of aromatic nitrogens is 1. The number of halogens is 1. The molecule has 26 heavy (non-hydrogen) atoms. The van der Waals surface area contributed by atoms with E-state index in [-0.39, 0.29) is 5.91 Å². The minimum absolute atomic E-state index is 0.162. The summed E-state index contributed by atoms with van der Waals surface area (Å²) in [7, 11) is 1.61. The van der Waals surface area contributed by atoms with E-state index < -0.39 is 0 Å². The maximum atomic E-state index is 13.1. The number of carbonyl (C=O) groups is 1. The lowest BCUT2D eigenvalue weighted by Crippen LogP contribution is -2.33. The van der Waals surface area contributed by atoms with Crippen molar-refractivity contribution in [2.24, 2.45) is 0 Å². The minimum Gasteiger partial charge on any atom is -0.489 e. The molecule has 0 spiro atoms. The van der Waals surface area contributed by atoms with E-state index in [1.807, 2.05) is 18.2 Å². The quantitative estimate of drug-likeness (QED) is 0.774. The number of hydrogen-bond donors (Lipinski definition) is 0. The van der Waals surface area contributed by atoms with Crippen LogP contribution in [-0.2, 0) is 11.3 Å². The number of carbonyl (C=O) groups excluding carboxylic acids is 1. The summed E-state index contributed by atoms with van der Waals surface area (Å²) < 4.78 is 16.4. The molecule has 0 bridgehead atoms. The van der Waals surface area contributed by atoms with E-state index in [4.69, 9.17) is 25.8 Å². The highest BCUT2D eigenvalue weighted by Crippen LogP contribution is 2.38. The predicted octanol–water partition coefficient (Wildman–Crippen LogP) is 3.19. The number of hydrogen-bond acceptors (Lipinski definition) is 5. The standard InChI is InChI=1S/C19H21ClN2O4/c1-24-10-7-22(13-15-5-2-3-6-21-15)19(23)14-11-16(20)18-17(12-14)25-8-4-9-26-18/h2-3,5-6,11-12H,4,7-10,13H2,1H3. The molecule has 1 amide bonds. The largest absolute Gasteiger partial charge is 0.489 e. The number of methoxy groups -OCH3 is 1. The molecule has 2 aromatic rings. The van der Waals surface area contributed by atoms with Crippen molar-refractivity contribution < 1.29 is 19.0 Å². The van der Waals surface area contributed by atoms with E-state index in [0.29, 0.717) is 55.0 Å². The molecule has 1 aliphatic heterocycles. The maximum Gasteiger partial charge on any atom is 0.254 e. The van der Waals surface area contributed by atoms with Crippen molar-refractivity contribution >= 4 is 17.5 Å². The van der Waals surface area contributed by atoms with Crippen LogP contribution in [-0.4, -0.2) is 49.3 Å². The van der Waals surface area contributed by atoms with Gasteiger partial charge in [0.2, 0.25) is 0 Å². The van der Waals surface area contributed by atoms with Gasteiger partial charge in [-0.2, -0.15) is 0 Å². The van der Waals surface area contributed by atoms with Crippen LogP contribution < -0.4 is 9.47 Å². The molecule has 6 nitrogen and oxygen atoms in total. The second-order valence-electron chi connectivity index (χ2n) is 5.88. The summed E-state index contributed by atoms with van der Waals surface area (Å²) in [6, 6.07) is 8.93. The topological polar surface area (TPSA) is 60.9 Å². The number of rotatable bonds is 6. The third kappa shape index (κ3) is 4.45. The van der Waals surface area contributed by atoms with E-state index in [2.05, 4.69) is 4.98 Å². The summed E-state index contributed by atoms with van der Waals surface area (Å²) >= 11 is 6.32. The summed E-state index contributed by atoms with van der Waals surface area (Å²) in [6.45, 7) is 2.33. The molecule has 0 unspecified atom stereocenters. The number of nitrogens with zero attached hydrogens (tertiary/aromatic N) is 2. The highest BCUT2D eigenvalue weighted by Gasteiger charge is 2.22. The summed E-state index contributed by atoms with van der Waals surface area (Å²) in [5, 5.41) is 0.372. The van der Waals surface area contributed by atoms with Gasteiger partial charge in [0.05, 0.1) is 37.1 Å². The van der Waals surface area contributed by atoms with Gasteiger partial charge >= 0.3 is 0 Å². The van der Waals surface area contributed by atoms with E-state index in [0.717, 1.165) is 12.1 Å². The van der Waals surface area contributed by atoms with Gasteiger partial charge in [0.25, 0.3) is 5.91 Å². The van der Waals surface area contributed by atoms with Crippen molar-refractivity contribution in [1.82, 2.24) is 9.88 Å². The molecule has 138 valence electrons. The zero-order valence-corrected chi connectivity index (χ0v) is 15.4. The average molecular weight is 377 g/mol. The molecular formula is C19H21ClN2O4. The summed E-state index contributed by atoms with van der Waals surface area (Å²) in [4.78, 5) is 19.0. The Kier molecular flexibility index (Phi) is 6.30. The number of fused-ring (bicyclic) bond motifs is 1. The minimum atomic E-state index is -0.162. The molecule has 1 aromatic heterocycles. The van der Waals surface area contributed by atoms with Crippen LogP contribution in [0.5, 0.6) is 11.5 Å². The fraction of sp³-hybridized carbons (Fsp3) is 0.368. The first kappa shape index (κ1) is 18.5. The van der Waals surface area contributed by atoms with E-state index >= 15 is 0 Å². The first-order valence-electron chi connectivity index (χ1n) is 8.46. The molecule has 2 heterocycles. The smallest absolute Gasteiger partial charge is 0.254 e. The van der Waals surface area contributed by atoms with Gasteiger partial charge in [-0.3, -0.25) is 9.78 Å². The van der Waals surface area contributed by atoms with Crippen LogP contribution in [0.1, 0.15) is 22.5 Å². The van der Waals surface area contributed by atoms with Crippen molar-refractivity contribution in [2.75, 3.05) is 33.5 Å². The number of ether oxygens (including phenoxy) is 3. The lowest BCUT2D eigenvalue weighted by atomic mass is 10.1. The molecule has 1 aliphatic rings. The van der Waals surface area contributed by atoms with Gasteiger partial charge in [0.1, 0.15) is 0 Å². The lowest BCUT2D eigenvalue weighted by molar-refractivity contribution is 0.0677. The second kappa shape index (κ2) is 8.87. The predicted molar refractivity (Wildman–Crippen MR) is 97.9 cm³/mol. The Morgan fingerprint density at radius 2 is 2.15 bits per heavy atom. The third-order valence-corrected chi connectivity index (χ3v) is 4.26. The van der Waals surface area contributed by atoms with Gasteiger partial charge < -0.3 is 19.1 Å². The van der Waals surface area contributed by atoms with Crippen LogP contribution in [0.15, 0.2) is 36.5 Å². The fourth-order valence-corrected chi connectivity index (χ4v) is 2.94. The molecular weight excluding hydrogens is 356 g/mol. The third-order valence-electron chi connectivity index (χ3n) is 3.98. The van der Waals surface area contributed by atoms with E-state index in [9.17, 15) is 4.79 Å². The van der Waals surface area contributed by atoms with E-state index in [1.54, 1.807) is 30.3 Å². The van der Waals surface area contributed by atoms with Crippen molar-refractivity contribution in [2.45, 2.75) is 13.0 Å². The molecule has 0 fully saturated rings. The Bertz CT molecular complexity index is 755. The molecule has 0 saturated heterocycles. The maximum absolute atomic E-state index is 13.1. The monoisotopic (exact) mass is 376 g/mol. The molecule has 0 atom stereocenters. The molecule has 1 aromatic carbocycles. The van der Waals surface area contributed by atoms with Crippen LogP contribution in [0.25, 0.3) is 0 Å². The molecule has 0 radical (unpaired) electrons. The van der Waals surface area contributed by atoms with E-state index in [1.165, 1.54) is 0 Å². The van der Waals surface area contributed by atoms with Crippen LogP contribution >= 0.6 is 11.6 Å². The number of benzene rings is 1. The van der Waals surface area contributed by atoms with Gasteiger partial charge in [-0.05, 0) is 24.3 Å². The fourth-order valence-electron chi connectivity index (χ4n) is 2.68. The summed E-state index contributed by atoms with van der Waals surface area (Å²) in [5.41, 5.74) is 1.25. The highest BCUT2D eigenvalue weighted by molar-refractivity contribution is 6.32. The Hall–Kier alpha value is -2.31. The van der Waals surface area contributed by atoms with Gasteiger partial charge in [-0.15, -0.1) is 0 Å². The first-order valence-corrected chi connectivity index (χ1v) is 8.84. The summed E-state index contributed by atoms with van der Waals surface area (Å²) in [5.74, 6) is 0.835. The number of pyridine rings is 1. The summed E-state index contributed by atoms with van der Waals surface area (Å²) in [6.07, 6.45) is 2.48. The van der Waals surface area contributed by atoms with Gasteiger partial charge in [-0.1, -0.05) is 17.7 Å². The van der Waals surface area contributed by atoms with Crippen LogP contribution in [0.3, 0.4) is 0 Å². The number of amides is 1. The Balaban J connectivity index is 1.86. The SMILES string of the molecule is COCCN(Cc1ccccn1)C(=O)c1cc(Cl)c2c(c1)OCCCO2. The molecule has 0 saturated carbocycles. The van der Waals surface area contributed by atoms with Gasteiger partial charge in [0, 0.05) is 31.8 Å². The average Bonchev–Trinajstić information content (AvgIpc) is 2.91. The van der Waals surface area contributed by atoms with Crippen molar-refractivity contribution in [3.63, 3.8) is 0 Å². The van der Waals surface area contributed by atoms with Crippen molar-refractivity contribution in [3.8, 4) is 11.5 Å². The second-order valence-corrected chi connectivity index (χ2v) is 6.28. The van der Waals surface area contributed by atoms with Crippen molar-refractivity contribution in [3.05, 3.63) is 52.8 Å². The lowest BCUT2D eigenvalue weighted by Gasteiger charge is -2.23.